The van der Waals surface area contributed by atoms with Crippen molar-refractivity contribution in [1.29, 1.82) is 0 Å². The topological polar surface area (TPSA) is 37.4 Å². The number of rotatable bonds is 3. The second-order valence-corrected chi connectivity index (χ2v) is 9.20. The van der Waals surface area contributed by atoms with Gasteiger partial charge in [-0.2, -0.15) is 0 Å². The van der Waals surface area contributed by atoms with E-state index in [-0.39, 0.29) is 23.3 Å². The Hall–Kier alpha value is -1.64. The first-order chi connectivity index (χ1) is 12.0. The number of hydrogen-bond acceptors (Lipinski definition) is 2. The molecule has 1 aromatic carbocycles. The summed E-state index contributed by atoms with van der Waals surface area (Å²) >= 11 is 0. The third kappa shape index (κ3) is 2.10. The second-order valence-electron chi connectivity index (χ2n) is 9.20. The van der Waals surface area contributed by atoms with Gasteiger partial charge in [-0.05, 0) is 92.7 Å². The van der Waals surface area contributed by atoms with Gasteiger partial charge in [0, 0.05) is 6.04 Å². The summed E-state index contributed by atoms with van der Waals surface area (Å²) in [6.45, 7) is 3.98. The highest BCUT2D eigenvalue weighted by Gasteiger charge is 2.52. The lowest BCUT2D eigenvalue weighted by atomic mass is 9.48. The van der Waals surface area contributed by atoms with Crippen molar-refractivity contribution in [3.8, 4) is 0 Å². The number of hydrogen-bond donors (Lipinski definition) is 0. The lowest BCUT2D eigenvalue weighted by Crippen LogP contribution is -2.48. The van der Waals surface area contributed by atoms with Gasteiger partial charge in [0.2, 0.25) is 0 Å². The van der Waals surface area contributed by atoms with Crippen LogP contribution >= 0.6 is 0 Å². The van der Waals surface area contributed by atoms with Crippen LogP contribution in [0.4, 0.5) is 0 Å². The molecule has 0 N–H and O–H groups in total. The predicted molar refractivity (Wildman–Crippen MR) is 96.5 cm³/mol. The van der Waals surface area contributed by atoms with Crippen molar-refractivity contribution in [3.05, 3.63) is 34.9 Å². The number of amides is 2. The summed E-state index contributed by atoms with van der Waals surface area (Å²) in [6.07, 6.45) is 8.92. The van der Waals surface area contributed by atoms with Crippen LogP contribution in [0, 0.1) is 17.8 Å². The van der Waals surface area contributed by atoms with Gasteiger partial charge in [-0.1, -0.05) is 13.0 Å². The van der Waals surface area contributed by atoms with Gasteiger partial charge in [0.25, 0.3) is 11.8 Å². The maximum atomic E-state index is 12.9. The van der Waals surface area contributed by atoms with Gasteiger partial charge in [0.05, 0.1) is 11.1 Å². The molecule has 4 fully saturated rings. The largest absolute Gasteiger partial charge is 0.272 e. The van der Waals surface area contributed by atoms with E-state index in [0.29, 0.717) is 11.1 Å². The van der Waals surface area contributed by atoms with Gasteiger partial charge in [0.15, 0.2) is 0 Å². The summed E-state index contributed by atoms with van der Waals surface area (Å²) in [5.74, 6) is 2.46. The summed E-state index contributed by atoms with van der Waals surface area (Å²) < 4.78 is 0. The predicted octanol–water partition coefficient (Wildman–Crippen LogP) is 4.55. The molecule has 4 saturated carbocycles. The normalized spacial score (nSPS) is 36.9. The summed E-state index contributed by atoms with van der Waals surface area (Å²) in [4.78, 5) is 27.0. The molecule has 25 heavy (non-hydrogen) atoms. The molecule has 1 aliphatic heterocycles. The minimum atomic E-state index is -0.105. The molecule has 5 aliphatic rings. The number of nitrogens with zero attached hydrogens (tertiary/aromatic N) is 1. The summed E-state index contributed by atoms with van der Waals surface area (Å²) in [7, 11) is 0. The molecule has 1 atom stereocenters. The Labute approximate surface area is 149 Å². The van der Waals surface area contributed by atoms with Crippen LogP contribution in [-0.4, -0.2) is 22.8 Å². The first-order valence-electron chi connectivity index (χ1n) is 10.0. The molecule has 4 aliphatic carbocycles. The zero-order chi connectivity index (χ0) is 17.3. The molecule has 132 valence electrons. The fourth-order valence-corrected chi connectivity index (χ4v) is 6.64. The van der Waals surface area contributed by atoms with Crippen LogP contribution in [0.15, 0.2) is 18.2 Å². The van der Waals surface area contributed by atoms with E-state index in [2.05, 4.69) is 12.1 Å². The van der Waals surface area contributed by atoms with Gasteiger partial charge < -0.3 is 0 Å². The highest BCUT2D eigenvalue weighted by Crippen LogP contribution is 2.60. The second kappa shape index (κ2) is 5.18. The standard InChI is InChI=1S/C22H27NO2/c1-3-13(2)23-20(24)18-5-4-17(9-19(18)21(23)25)22-10-14-6-15(11-22)8-16(7-14)12-22/h4-5,9,13-16H,3,6-8,10-12H2,1-2H3. The fourth-order valence-electron chi connectivity index (χ4n) is 6.64. The Balaban J connectivity index is 1.54. The van der Waals surface area contributed by atoms with E-state index in [1.54, 1.807) is 0 Å². The van der Waals surface area contributed by atoms with Gasteiger partial charge in [0.1, 0.15) is 0 Å². The zero-order valence-electron chi connectivity index (χ0n) is 15.3. The van der Waals surface area contributed by atoms with Crippen molar-refractivity contribution in [3.63, 3.8) is 0 Å². The summed E-state index contributed by atoms with van der Waals surface area (Å²) in [5, 5.41) is 0. The van der Waals surface area contributed by atoms with E-state index in [1.807, 2.05) is 19.9 Å². The van der Waals surface area contributed by atoms with Crippen molar-refractivity contribution in [2.24, 2.45) is 17.8 Å². The first kappa shape index (κ1) is 15.6. The third-order valence-corrected chi connectivity index (χ3v) is 7.60. The quantitative estimate of drug-likeness (QED) is 0.759. The number of imide groups is 1. The smallest absolute Gasteiger partial charge is 0.261 e. The number of carbonyl (C=O) groups excluding carboxylic acids is 2. The van der Waals surface area contributed by atoms with Crippen molar-refractivity contribution >= 4 is 11.8 Å². The molecule has 0 spiro atoms. The first-order valence-corrected chi connectivity index (χ1v) is 10.0. The highest BCUT2D eigenvalue weighted by molar-refractivity contribution is 6.21. The van der Waals surface area contributed by atoms with Gasteiger partial charge >= 0.3 is 0 Å². The Morgan fingerprint density at radius 3 is 2.12 bits per heavy atom. The summed E-state index contributed by atoms with van der Waals surface area (Å²) in [5.41, 5.74) is 2.87. The highest BCUT2D eigenvalue weighted by atomic mass is 16.2. The van der Waals surface area contributed by atoms with Gasteiger partial charge in [-0.3, -0.25) is 14.5 Å². The molecule has 0 saturated heterocycles. The molecular formula is C22H27NO2. The molecule has 0 aromatic heterocycles. The van der Waals surface area contributed by atoms with E-state index in [4.69, 9.17) is 0 Å². The van der Waals surface area contributed by atoms with Crippen LogP contribution in [0.2, 0.25) is 0 Å². The minimum absolute atomic E-state index is 0.0320. The molecule has 3 heteroatoms. The molecule has 3 nitrogen and oxygen atoms in total. The molecule has 6 rings (SSSR count). The fraction of sp³-hybridized carbons (Fsp3) is 0.636. The lowest BCUT2D eigenvalue weighted by molar-refractivity contribution is -0.00520. The van der Waals surface area contributed by atoms with Crippen LogP contribution in [0.5, 0.6) is 0 Å². The van der Waals surface area contributed by atoms with E-state index in [0.717, 1.165) is 24.2 Å². The van der Waals surface area contributed by atoms with Crippen LogP contribution in [0.3, 0.4) is 0 Å². The number of benzene rings is 1. The van der Waals surface area contributed by atoms with E-state index >= 15 is 0 Å². The van der Waals surface area contributed by atoms with Crippen molar-refractivity contribution in [2.75, 3.05) is 0 Å². The van der Waals surface area contributed by atoms with E-state index in [1.165, 1.54) is 49.0 Å². The molecule has 4 bridgehead atoms. The Kier molecular flexibility index (Phi) is 3.24. The Bertz CT molecular complexity index is 730. The molecule has 1 unspecified atom stereocenters. The van der Waals surface area contributed by atoms with Crippen molar-refractivity contribution in [1.82, 2.24) is 4.90 Å². The monoisotopic (exact) mass is 337 g/mol. The molecule has 2 amide bonds. The van der Waals surface area contributed by atoms with Gasteiger partial charge in [-0.15, -0.1) is 0 Å². The molecule has 1 aromatic rings. The van der Waals surface area contributed by atoms with Crippen LogP contribution in [0.1, 0.15) is 85.1 Å². The molecular weight excluding hydrogens is 310 g/mol. The average molecular weight is 337 g/mol. The number of fused-ring (bicyclic) bond motifs is 1. The van der Waals surface area contributed by atoms with Crippen molar-refractivity contribution in [2.45, 2.75) is 70.3 Å². The maximum Gasteiger partial charge on any atom is 0.261 e. The van der Waals surface area contributed by atoms with Crippen LogP contribution in [-0.2, 0) is 5.41 Å². The minimum Gasteiger partial charge on any atom is -0.272 e. The SMILES string of the molecule is CCC(C)N1C(=O)c2ccc(C34CC5CC(CC(C5)C3)C4)cc2C1=O. The molecule has 0 radical (unpaired) electrons. The average Bonchev–Trinajstić information content (AvgIpc) is 2.84. The Morgan fingerprint density at radius 2 is 1.56 bits per heavy atom. The maximum absolute atomic E-state index is 12.9. The molecule has 1 heterocycles. The van der Waals surface area contributed by atoms with Crippen molar-refractivity contribution < 1.29 is 9.59 Å². The van der Waals surface area contributed by atoms with Gasteiger partial charge in [-0.25, -0.2) is 0 Å². The van der Waals surface area contributed by atoms with E-state index < -0.39 is 0 Å². The third-order valence-electron chi connectivity index (χ3n) is 7.60. The lowest BCUT2D eigenvalue weighted by Gasteiger charge is -2.57. The number of carbonyl (C=O) groups is 2. The van der Waals surface area contributed by atoms with Crippen LogP contribution in [0.25, 0.3) is 0 Å². The van der Waals surface area contributed by atoms with E-state index in [9.17, 15) is 9.59 Å². The summed E-state index contributed by atoms with van der Waals surface area (Å²) in [6, 6.07) is 6.16. The zero-order valence-corrected chi connectivity index (χ0v) is 15.3. The van der Waals surface area contributed by atoms with Crippen LogP contribution < -0.4 is 0 Å². The Morgan fingerprint density at radius 1 is 1.00 bits per heavy atom.